The molecule has 0 saturated carbocycles. The highest BCUT2D eigenvalue weighted by molar-refractivity contribution is 5.84. The summed E-state index contributed by atoms with van der Waals surface area (Å²) in [4.78, 5) is 33.1. The Kier molecular flexibility index (Phi) is 20.7. The second-order valence-electron chi connectivity index (χ2n) is 5.54. The molecule has 0 aromatic heterocycles. The van der Waals surface area contributed by atoms with E-state index in [1.807, 2.05) is 0 Å². The van der Waals surface area contributed by atoms with Gasteiger partial charge in [-0.3, -0.25) is 9.59 Å². The van der Waals surface area contributed by atoms with Gasteiger partial charge in [0.25, 0.3) is 0 Å². The number of carbonyl (C=O) groups is 3. The van der Waals surface area contributed by atoms with Gasteiger partial charge >= 0.3 is 0 Å². The van der Waals surface area contributed by atoms with E-state index >= 15 is 0 Å². The lowest BCUT2D eigenvalue weighted by molar-refractivity contribution is -0.126. The minimum absolute atomic E-state index is 0.0980. The molecular formula is C19H32N2O8. The number of aldehydes is 1. The first kappa shape index (κ1) is 27.0. The molecule has 10 heteroatoms. The van der Waals surface area contributed by atoms with Crippen LogP contribution < -0.4 is 10.6 Å². The first-order chi connectivity index (χ1) is 14.2. The Morgan fingerprint density at radius 3 is 1.93 bits per heavy atom. The average molecular weight is 416 g/mol. The van der Waals surface area contributed by atoms with Crippen molar-refractivity contribution in [1.82, 2.24) is 10.6 Å². The maximum Gasteiger partial charge on any atom is 0.239 e. The zero-order valence-corrected chi connectivity index (χ0v) is 16.8. The molecule has 166 valence electrons. The summed E-state index contributed by atoms with van der Waals surface area (Å²) in [5.41, 5.74) is 0. The molecule has 0 aromatic rings. The monoisotopic (exact) mass is 416 g/mol. The van der Waals surface area contributed by atoms with Crippen molar-refractivity contribution in [2.75, 3.05) is 79.2 Å². The van der Waals surface area contributed by atoms with Crippen molar-refractivity contribution >= 4 is 18.1 Å². The van der Waals surface area contributed by atoms with Gasteiger partial charge in [-0.25, -0.2) is 0 Å². The van der Waals surface area contributed by atoms with E-state index in [1.54, 1.807) is 0 Å². The summed E-state index contributed by atoms with van der Waals surface area (Å²) in [5, 5.41) is 5.09. The van der Waals surface area contributed by atoms with Gasteiger partial charge in [-0.15, -0.1) is 6.42 Å². The number of hydrogen-bond donors (Lipinski definition) is 2. The smallest absolute Gasteiger partial charge is 0.239 e. The minimum Gasteiger partial charge on any atom is -0.379 e. The maximum atomic E-state index is 11.6. The number of carbonyl (C=O) groups excluding carboxylic acids is 3. The highest BCUT2D eigenvalue weighted by Gasteiger charge is 2.05. The van der Waals surface area contributed by atoms with Gasteiger partial charge in [0.15, 0.2) is 0 Å². The molecule has 0 fully saturated rings. The molecular weight excluding hydrogens is 384 g/mol. The molecule has 0 atom stereocenters. The van der Waals surface area contributed by atoms with Crippen LogP contribution in [-0.2, 0) is 38.1 Å². The molecule has 2 N–H and O–H groups in total. The predicted molar refractivity (Wildman–Crippen MR) is 104 cm³/mol. The summed E-state index contributed by atoms with van der Waals surface area (Å²) in [5.74, 6) is 1.75. The van der Waals surface area contributed by atoms with Crippen molar-refractivity contribution in [1.29, 1.82) is 0 Å². The largest absolute Gasteiger partial charge is 0.379 e. The highest BCUT2D eigenvalue weighted by Crippen LogP contribution is 1.86. The predicted octanol–water partition coefficient (Wildman–Crippen LogP) is -1.09. The van der Waals surface area contributed by atoms with Gasteiger partial charge in [0.1, 0.15) is 12.9 Å². The van der Waals surface area contributed by atoms with Gasteiger partial charge in [0.05, 0.1) is 66.0 Å². The van der Waals surface area contributed by atoms with Crippen molar-refractivity contribution in [3.8, 4) is 12.3 Å². The molecule has 0 saturated heterocycles. The fourth-order valence-electron chi connectivity index (χ4n) is 1.78. The van der Waals surface area contributed by atoms with Crippen LogP contribution in [0, 0.1) is 12.3 Å². The topological polar surface area (TPSA) is 121 Å². The lowest BCUT2D eigenvalue weighted by atomic mass is 10.4. The second-order valence-corrected chi connectivity index (χ2v) is 5.54. The van der Waals surface area contributed by atoms with Gasteiger partial charge < -0.3 is 39.1 Å². The van der Waals surface area contributed by atoms with E-state index in [-0.39, 0.29) is 38.0 Å². The third kappa shape index (κ3) is 22.1. The molecule has 0 radical (unpaired) electrons. The molecule has 2 amide bonds. The Balaban J connectivity index is 3.28. The van der Waals surface area contributed by atoms with E-state index in [2.05, 4.69) is 16.6 Å². The lowest BCUT2D eigenvalue weighted by Crippen LogP contribution is -2.38. The maximum absolute atomic E-state index is 11.6. The lowest BCUT2D eigenvalue weighted by Gasteiger charge is -2.08. The zero-order chi connectivity index (χ0) is 21.4. The van der Waals surface area contributed by atoms with Crippen molar-refractivity contribution in [3.05, 3.63) is 0 Å². The molecule has 0 aliphatic rings. The van der Waals surface area contributed by atoms with E-state index in [9.17, 15) is 14.4 Å². The molecule has 0 heterocycles. The number of ether oxygens (including phenoxy) is 5. The summed E-state index contributed by atoms with van der Waals surface area (Å²) in [6.07, 6.45) is 6.38. The normalized spacial score (nSPS) is 10.3. The number of rotatable bonds is 21. The third-order valence-corrected chi connectivity index (χ3v) is 3.17. The Labute approximate surface area is 171 Å². The number of nitrogens with one attached hydrogen (secondary N) is 2. The Morgan fingerprint density at radius 1 is 0.759 bits per heavy atom. The summed E-state index contributed by atoms with van der Waals surface area (Å²) < 4.78 is 26.0. The van der Waals surface area contributed by atoms with Crippen LogP contribution in [0.1, 0.15) is 12.8 Å². The second kappa shape index (κ2) is 22.3. The fraction of sp³-hybridized carbons (Fsp3) is 0.737. The summed E-state index contributed by atoms with van der Waals surface area (Å²) in [6, 6.07) is 0. The summed E-state index contributed by atoms with van der Waals surface area (Å²) >= 11 is 0. The van der Waals surface area contributed by atoms with Crippen LogP contribution in [0.3, 0.4) is 0 Å². The van der Waals surface area contributed by atoms with Crippen LogP contribution in [0.2, 0.25) is 0 Å². The zero-order valence-electron chi connectivity index (χ0n) is 16.8. The molecule has 29 heavy (non-hydrogen) atoms. The van der Waals surface area contributed by atoms with E-state index < -0.39 is 0 Å². The van der Waals surface area contributed by atoms with Crippen molar-refractivity contribution in [2.45, 2.75) is 12.8 Å². The minimum atomic E-state index is -0.299. The van der Waals surface area contributed by atoms with Crippen LogP contribution >= 0.6 is 0 Å². The highest BCUT2D eigenvalue weighted by atomic mass is 16.6. The standard InChI is InChI=1S/C19H32N2O8/c1-2-7-25-10-5-20-19(24)17-21-18(23)4-9-27-12-14-29-16-15-28-13-11-26-8-3-6-22/h1,6H,3-5,7-17H2,(H,20,24)(H,21,23). The quantitative estimate of drug-likeness (QED) is 0.138. The van der Waals surface area contributed by atoms with Crippen molar-refractivity contribution < 1.29 is 38.1 Å². The summed E-state index contributed by atoms with van der Waals surface area (Å²) in [7, 11) is 0. The Bertz CT molecular complexity index is 468. The summed E-state index contributed by atoms with van der Waals surface area (Å²) in [6.45, 7) is 3.93. The van der Waals surface area contributed by atoms with E-state index in [4.69, 9.17) is 30.1 Å². The number of terminal acetylenes is 1. The van der Waals surface area contributed by atoms with Crippen LogP contribution in [0.4, 0.5) is 0 Å². The first-order valence-corrected chi connectivity index (χ1v) is 9.50. The molecule has 0 rings (SSSR count). The average Bonchev–Trinajstić information content (AvgIpc) is 2.72. The van der Waals surface area contributed by atoms with Crippen LogP contribution in [-0.4, -0.2) is 97.3 Å². The van der Waals surface area contributed by atoms with Gasteiger partial charge in [-0.2, -0.15) is 0 Å². The van der Waals surface area contributed by atoms with Gasteiger partial charge in [-0.1, -0.05) is 5.92 Å². The number of amides is 2. The van der Waals surface area contributed by atoms with Crippen LogP contribution in [0.15, 0.2) is 0 Å². The van der Waals surface area contributed by atoms with Gasteiger partial charge in [0, 0.05) is 19.4 Å². The van der Waals surface area contributed by atoms with Gasteiger partial charge in [-0.05, 0) is 0 Å². The molecule has 10 nitrogen and oxygen atoms in total. The third-order valence-electron chi connectivity index (χ3n) is 3.17. The van der Waals surface area contributed by atoms with E-state index in [0.717, 1.165) is 6.29 Å². The van der Waals surface area contributed by atoms with Crippen LogP contribution in [0.25, 0.3) is 0 Å². The molecule has 0 unspecified atom stereocenters. The molecule has 0 aliphatic heterocycles. The SMILES string of the molecule is C#CCOCCNC(=O)CNC(=O)CCOCCOCCOCCOCCC=O. The molecule has 0 aliphatic carbocycles. The molecule has 0 bridgehead atoms. The Morgan fingerprint density at radius 2 is 1.34 bits per heavy atom. The first-order valence-electron chi connectivity index (χ1n) is 9.50. The van der Waals surface area contributed by atoms with E-state index in [0.29, 0.717) is 65.8 Å². The Hall–Kier alpha value is -2.03. The van der Waals surface area contributed by atoms with Crippen molar-refractivity contribution in [2.24, 2.45) is 0 Å². The van der Waals surface area contributed by atoms with Crippen molar-refractivity contribution in [3.63, 3.8) is 0 Å². The fourth-order valence-corrected chi connectivity index (χ4v) is 1.78. The van der Waals surface area contributed by atoms with Gasteiger partial charge in [0.2, 0.25) is 11.8 Å². The number of hydrogen-bond acceptors (Lipinski definition) is 8. The van der Waals surface area contributed by atoms with Crippen LogP contribution in [0.5, 0.6) is 0 Å². The van der Waals surface area contributed by atoms with E-state index in [1.165, 1.54) is 0 Å². The molecule has 0 spiro atoms. The molecule has 0 aromatic carbocycles.